The Labute approximate surface area is 171 Å². The lowest BCUT2D eigenvalue weighted by Gasteiger charge is -2.16. The van der Waals surface area contributed by atoms with Gasteiger partial charge < -0.3 is 10.2 Å². The van der Waals surface area contributed by atoms with Crippen LogP contribution in [0.1, 0.15) is 6.92 Å². The number of carboxylic acids is 1. The van der Waals surface area contributed by atoms with Crippen LogP contribution in [0.2, 0.25) is 5.02 Å². The molecular weight excluding hydrogens is 422 g/mol. The number of aromatic hydroxyl groups is 1. The summed E-state index contributed by atoms with van der Waals surface area (Å²) in [4.78, 5) is 11.5. The monoisotopic (exact) mass is 437 g/mol. The fourth-order valence-electron chi connectivity index (χ4n) is 2.57. The number of sulfonamides is 1. The Morgan fingerprint density at radius 2 is 1.71 bits per heavy atom. The third kappa shape index (κ3) is 4.19. The first-order chi connectivity index (χ1) is 13.2. The Morgan fingerprint density at radius 3 is 2.32 bits per heavy atom. The van der Waals surface area contributed by atoms with Gasteiger partial charge in [0.25, 0.3) is 10.0 Å². The van der Waals surface area contributed by atoms with Crippen LogP contribution in [-0.4, -0.2) is 29.9 Å². The van der Waals surface area contributed by atoms with E-state index in [9.17, 15) is 18.3 Å². The zero-order valence-corrected chi connectivity index (χ0v) is 17.0. The van der Waals surface area contributed by atoms with Gasteiger partial charge in [-0.3, -0.25) is 9.52 Å². The number of fused-ring (bicyclic) bond motifs is 1. The molecule has 0 saturated heterocycles. The molecule has 0 heterocycles. The first kappa shape index (κ1) is 20.3. The van der Waals surface area contributed by atoms with Gasteiger partial charge in [-0.2, -0.15) is 0 Å². The Kier molecular flexibility index (Phi) is 5.74. The molecule has 0 amide bonds. The van der Waals surface area contributed by atoms with E-state index >= 15 is 0 Å². The Morgan fingerprint density at radius 1 is 1.11 bits per heavy atom. The number of anilines is 1. The summed E-state index contributed by atoms with van der Waals surface area (Å²) in [6.45, 7) is 1.49. The Hall–Kier alpha value is -2.42. The number of benzene rings is 3. The van der Waals surface area contributed by atoms with Crippen molar-refractivity contribution in [3.8, 4) is 5.75 Å². The molecule has 0 aromatic heterocycles. The third-order valence-corrected chi connectivity index (χ3v) is 6.75. The second-order valence-corrected chi connectivity index (χ2v) is 9.48. The van der Waals surface area contributed by atoms with Crippen LogP contribution in [-0.2, 0) is 14.8 Å². The fraction of sp³-hybridized carbons (Fsp3) is 0.105. The third-order valence-electron chi connectivity index (χ3n) is 4.00. The molecule has 0 aliphatic carbocycles. The molecule has 0 spiro atoms. The fourth-order valence-corrected chi connectivity index (χ4v) is 4.65. The number of halogens is 1. The number of phenolic OH excluding ortho intramolecular Hbond substituents is 1. The van der Waals surface area contributed by atoms with Crippen molar-refractivity contribution < 1.29 is 23.4 Å². The predicted octanol–water partition coefficient (Wildman–Crippen LogP) is 4.56. The van der Waals surface area contributed by atoms with Crippen LogP contribution in [0, 0.1) is 0 Å². The van der Waals surface area contributed by atoms with Crippen LogP contribution in [0.3, 0.4) is 0 Å². The van der Waals surface area contributed by atoms with Crippen molar-refractivity contribution in [2.24, 2.45) is 0 Å². The smallest absolute Gasteiger partial charge is 0.316 e. The van der Waals surface area contributed by atoms with E-state index < -0.39 is 21.2 Å². The van der Waals surface area contributed by atoms with Gasteiger partial charge in [0, 0.05) is 15.8 Å². The van der Waals surface area contributed by atoms with E-state index in [0.29, 0.717) is 15.8 Å². The molecule has 0 aliphatic rings. The number of thioether (sulfide) groups is 1. The molecule has 3 aromatic carbocycles. The molecule has 6 nitrogen and oxygen atoms in total. The standard InChI is InChI=1S/C19H16ClNO5S2/c1-11(19(23)24)27-17-10-16(14-4-2-3-5-15(14)18(17)22)21-28(25,26)13-8-6-12(20)7-9-13/h2-11,21-22H,1H3,(H,23,24). The summed E-state index contributed by atoms with van der Waals surface area (Å²) in [6, 6.07) is 13.9. The summed E-state index contributed by atoms with van der Waals surface area (Å²) in [6.07, 6.45) is 0. The second-order valence-electron chi connectivity index (χ2n) is 5.97. The average molecular weight is 438 g/mol. The molecule has 0 fully saturated rings. The normalized spacial score (nSPS) is 12.6. The minimum Gasteiger partial charge on any atom is -0.506 e. The number of hydrogen-bond donors (Lipinski definition) is 3. The second kappa shape index (κ2) is 7.90. The van der Waals surface area contributed by atoms with Crippen LogP contribution in [0.15, 0.2) is 64.4 Å². The van der Waals surface area contributed by atoms with E-state index in [1.165, 1.54) is 37.3 Å². The molecule has 3 rings (SSSR count). The highest BCUT2D eigenvalue weighted by molar-refractivity contribution is 8.00. The minimum atomic E-state index is -3.91. The van der Waals surface area contributed by atoms with E-state index in [1.54, 1.807) is 24.3 Å². The summed E-state index contributed by atoms with van der Waals surface area (Å²) in [7, 11) is -3.91. The maximum absolute atomic E-state index is 12.8. The van der Waals surface area contributed by atoms with E-state index in [4.69, 9.17) is 16.7 Å². The number of carbonyl (C=O) groups is 1. The van der Waals surface area contributed by atoms with Crippen LogP contribution < -0.4 is 4.72 Å². The van der Waals surface area contributed by atoms with Crippen molar-refractivity contribution in [3.63, 3.8) is 0 Å². The van der Waals surface area contributed by atoms with E-state index in [1.807, 2.05) is 0 Å². The highest BCUT2D eigenvalue weighted by Gasteiger charge is 2.21. The van der Waals surface area contributed by atoms with Crippen molar-refractivity contribution in [1.29, 1.82) is 0 Å². The number of aliphatic carboxylic acids is 1. The quantitative estimate of drug-likeness (QED) is 0.385. The molecule has 1 atom stereocenters. The molecule has 0 saturated carbocycles. The van der Waals surface area contributed by atoms with Crippen LogP contribution in [0.25, 0.3) is 10.8 Å². The van der Waals surface area contributed by atoms with Crippen LogP contribution in [0.4, 0.5) is 5.69 Å². The summed E-state index contributed by atoms with van der Waals surface area (Å²) in [5.41, 5.74) is 0.239. The van der Waals surface area contributed by atoms with Gasteiger partial charge >= 0.3 is 5.97 Å². The molecule has 0 bridgehead atoms. The zero-order chi connectivity index (χ0) is 20.5. The lowest BCUT2D eigenvalue weighted by atomic mass is 10.1. The average Bonchev–Trinajstić information content (AvgIpc) is 2.65. The van der Waals surface area contributed by atoms with Gasteiger partial charge in [-0.05, 0) is 37.3 Å². The molecule has 1 unspecified atom stereocenters. The molecule has 3 N–H and O–H groups in total. The maximum Gasteiger partial charge on any atom is 0.316 e. The Balaban J connectivity index is 2.10. The highest BCUT2D eigenvalue weighted by Crippen LogP contribution is 2.41. The summed E-state index contributed by atoms with van der Waals surface area (Å²) in [5, 5.41) is 20.2. The van der Waals surface area contributed by atoms with Crippen molar-refractivity contribution in [3.05, 3.63) is 59.6 Å². The molecule has 0 aliphatic heterocycles. The van der Waals surface area contributed by atoms with E-state index in [-0.39, 0.29) is 21.2 Å². The zero-order valence-electron chi connectivity index (χ0n) is 14.6. The van der Waals surface area contributed by atoms with Gasteiger partial charge in [0.15, 0.2) is 0 Å². The van der Waals surface area contributed by atoms with Crippen molar-refractivity contribution in [2.75, 3.05) is 4.72 Å². The number of nitrogens with one attached hydrogen (secondary N) is 1. The number of hydrogen-bond acceptors (Lipinski definition) is 5. The minimum absolute atomic E-state index is 0.0298. The van der Waals surface area contributed by atoms with Gasteiger partial charge in [-0.25, -0.2) is 8.42 Å². The summed E-state index contributed by atoms with van der Waals surface area (Å²) in [5.74, 6) is -1.14. The largest absolute Gasteiger partial charge is 0.506 e. The molecule has 0 radical (unpaired) electrons. The molecule has 9 heteroatoms. The van der Waals surface area contributed by atoms with Crippen LogP contribution in [0.5, 0.6) is 5.75 Å². The number of rotatable bonds is 6. The lowest BCUT2D eigenvalue weighted by molar-refractivity contribution is -0.136. The molecule has 146 valence electrons. The van der Waals surface area contributed by atoms with Crippen molar-refractivity contribution >= 4 is 55.8 Å². The van der Waals surface area contributed by atoms with Gasteiger partial charge in [0.1, 0.15) is 11.0 Å². The summed E-state index contributed by atoms with van der Waals surface area (Å²) < 4.78 is 28.1. The SMILES string of the molecule is CC(Sc1cc(NS(=O)(=O)c2ccc(Cl)cc2)c2ccccc2c1O)C(=O)O. The van der Waals surface area contributed by atoms with Crippen molar-refractivity contribution in [2.45, 2.75) is 22.0 Å². The van der Waals surface area contributed by atoms with E-state index in [0.717, 1.165) is 11.8 Å². The van der Waals surface area contributed by atoms with Gasteiger partial charge in [-0.1, -0.05) is 35.9 Å². The number of carboxylic acid groups (broad SMARTS) is 1. The number of phenols is 1. The van der Waals surface area contributed by atoms with Gasteiger partial charge in [-0.15, -0.1) is 11.8 Å². The first-order valence-corrected chi connectivity index (χ1v) is 10.9. The maximum atomic E-state index is 12.8. The summed E-state index contributed by atoms with van der Waals surface area (Å²) >= 11 is 6.75. The van der Waals surface area contributed by atoms with Gasteiger partial charge in [0.2, 0.25) is 0 Å². The lowest BCUT2D eigenvalue weighted by Crippen LogP contribution is -2.14. The topological polar surface area (TPSA) is 104 Å². The molecular formula is C19H16ClNO5S2. The first-order valence-electron chi connectivity index (χ1n) is 8.11. The predicted molar refractivity (Wildman–Crippen MR) is 111 cm³/mol. The Bertz CT molecular complexity index is 1150. The van der Waals surface area contributed by atoms with Gasteiger partial charge in [0.05, 0.1) is 15.5 Å². The molecule has 28 heavy (non-hydrogen) atoms. The van der Waals surface area contributed by atoms with Crippen molar-refractivity contribution in [1.82, 2.24) is 0 Å². The van der Waals surface area contributed by atoms with E-state index in [2.05, 4.69) is 4.72 Å². The highest BCUT2D eigenvalue weighted by atomic mass is 35.5. The van der Waals surface area contributed by atoms with Crippen LogP contribution >= 0.6 is 23.4 Å². The molecule has 3 aromatic rings.